The molecule has 1 aromatic carbocycles. The van der Waals surface area contributed by atoms with Crippen molar-refractivity contribution in [2.45, 2.75) is 18.4 Å². The first kappa shape index (κ1) is 13.8. The van der Waals surface area contributed by atoms with Gasteiger partial charge in [-0.15, -0.1) is 11.8 Å². The fourth-order valence-electron chi connectivity index (χ4n) is 1.74. The van der Waals surface area contributed by atoms with Crippen LogP contribution in [-0.2, 0) is 11.3 Å². The fourth-order valence-corrected chi connectivity index (χ4v) is 2.40. The van der Waals surface area contributed by atoms with Crippen LogP contribution in [0.1, 0.15) is 12.6 Å². The smallest absolute Gasteiger partial charge is 0.161 e. The van der Waals surface area contributed by atoms with Crippen LogP contribution < -0.4 is 5.73 Å². The van der Waals surface area contributed by atoms with E-state index in [2.05, 4.69) is 29.0 Å². The van der Waals surface area contributed by atoms with E-state index in [0.29, 0.717) is 18.2 Å². The van der Waals surface area contributed by atoms with Gasteiger partial charge in [-0.05, 0) is 17.9 Å². The van der Waals surface area contributed by atoms with Gasteiger partial charge in [0.05, 0.1) is 12.3 Å². The largest absolute Gasteiger partial charge is 0.384 e. The van der Waals surface area contributed by atoms with Crippen molar-refractivity contribution in [2.24, 2.45) is 0 Å². The van der Waals surface area contributed by atoms with Gasteiger partial charge in [0.1, 0.15) is 5.82 Å². The Bertz CT molecular complexity index is 543. The molecule has 1 aromatic heterocycles. The van der Waals surface area contributed by atoms with Gasteiger partial charge in [0.25, 0.3) is 0 Å². The second-order valence-corrected chi connectivity index (χ2v) is 5.34. The maximum Gasteiger partial charge on any atom is 0.161 e. The van der Waals surface area contributed by atoms with Crippen LogP contribution in [0, 0.1) is 0 Å². The summed E-state index contributed by atoms with van der Waals surface area (Å²) in [5.41, 5.74) is 7.55. The number of thioether (sulfide) groups is 1. The SMILES string of the molecule is CCSc1ccc(-c2nc(N)cc(COC)n2)cc1. The molecule has 0 aliphatic rings. The highest BCUT2D eigenvalue weighted by atomic mass is 32.2. The average Bonchev–Trinajstić information content (AvgIpc) is 2.40. The van der Waals surface area contributed by atoms with E-state index in [1.54, 1.807) is 13.2 Å². The monoisotopic (exact) mass is 275 g/mol. The normalized spacial score (nSPS) is 10.6. The first-order chi connectivity index (χ1) is 9.22. The number of methoxy groups -OCH3 is 1. The molecule has 0 fully saturated rings. The third-order valence-electron chi connectivity index (χ3n) is 2.51. The summed E-state index contributed by atoms with van der Waals surface area (Å²) in [5.74, 6) is 2.16. The Kier molecular flexibility index (Phi) is 4.76. The van der Waals surface area contributed by atoms with Crippen molar-refractivity contribution in [3.63, 3.8) is 0 Å². The van der Waals surface area contributed by atoms with Gasteiger partial charge in [0.15, 0.2) is 5.82 Å². The average molecular weight is 275 g/mol. The summed E-state index contributed by atoms with van der Waals surface area (Å²) < 4.78 is 5.08. The van der Waals surface area contributed by atoms with Crippen LogP contribution in [0.2, 0.25) is 0 Å². The van der Waals surface area contributed by atoms with Crippen molar-refractivity contribution in [3.05, 3.63) is 36.0 Å². The number of aromatic nitrogens is 2. The van der Waals surface area contributed by atoms with E-state index in [1.165, 1.54) is 4.90 Å². The molecule has 2 aromatic rings. The van der Waals surface area contributed by atoms with E-state index in [4.69, 9.17) is 10.5 Å². The Morgan fingerprint density at radius 1 is 1.21 bits per heavy atom. The number of hydrogen-bond donors (Lipinski definition) is 1. The summed E-state index contributed by atoms with van der Waals surface area (Å²) >= 11 is 1.81. The predicted molar refractivity (Wildman–Crippen MR) is 79.0 cm³/mol. The third kappa shape index (κ3) is 3.68. The number of nitrogens with two attached hydrogens (primary N) is 1. The highest BCUT2D eigenvalue weighted by Gasteiger charge is 2.05. The number of rotatable bonds is 5. The molecule has 0 bridgehead atoms. The molecule has 0 radical (unpaired) electrons. The van der Waals surface area contributed by atoms with Crippen LogP contribution in [-0.4, -0.2) is 22.8 Å². The molecule has 4 nitrogen and oxygen atoms in total. The Morgan fingerprint density at radius 3 is 2.58 bits per heavy atom. The topological polar surface area (TPSA) is 61.0 Å². The fraction of sp³-hybridized carbons (Fsp3) is 0.286. The van der Waals surface area contributed by atoms with Crippen LogP contribution in [0.3, 0.4) is 0 Å². The van der Waals surface area contributed by atoms with Crippen molar-refractivity contribution in [1.29, 1.82) is 0 Å². The van der Waals surface area contributed by atoms with Gasteiger partial charge < -0.3 is 10.5 Å². The van der Waals surface area contributed by atoms with Crippen LogP contribution in [0.15, 0.2) is 35.2 Å². The number of nitrogens with zero attached hydrogens (tertiary/aromatic N) is 2. The summed E-state index contributed by atoms with van der Waals surface area (Å²) in [6.07, 6.45) is 0. The van der Waals surface area contributed by atoms with Crippen molar-refractivity contribution >= 4 is 17.6 Å². The van der Waals surface area contributed by atoms with Crippen LogP contribution >= 0.6 is 11.8 Å². The van der Waals surface area contributed by atoms with Crippen molar-refractivity contribution < 1.29 is 4.74 Å². The molecule has 2 N–H and O–H groups in total. The lowest BCUT2D eigenvalue weighted by atomic mass is 10.2. The standard InChI is InChI=1S/C14H17N3OS/c1-3-19-12-6-4-10(5-7-12)14-16-11(9-18-2)8-13(15)17-14/h4-8H,3,9H2,1-2H3,(H2,15,16,17). The van der Waals surface area contributed by atoms with Gasteiger partial charge in [-0.2, -0.15) is 0 Å². The molecule has 0 spiro atoms. The molecule has 0 aliphatic carbocycles. The molecule has 0 amide bonds. The zero-order chi connectivity index (χ0) is 13.7. The Morgan fingerprint density at radius 2 is 1.95 bits per heavy atom. The van der Waals surface area contributed by atoms with Crippen molar-refractivity contribution in [1.82, 2.24) is 9.97 Å². The van der Waals surface area contributed by atoms with E-state index in [9.17, 15) is 0 Å². The summed E-state index contributed by atoms with van der Waals surface area (Å²) in [6.45, 7) is 2.57. The Balaban J connectivity index is 2.29. The zero-order valence-electron chi connectivity index (χ0n) is 11.1. The second kappa shape index (κ2) is 6.54. The van der Waals surface area contributed by atoms with Gasteiger partial charge in [-0.1, -0.05) is 19.1 Å². The van der Waals surface area contributed by atoms with E-state index in [-0.39, 0.29) is 0 Å². The minimum absolute atomic E-state index is 0.434. The van der Waals surface area contributed by atoms with Gasteiger partial charge in [-0.3, -0.25) is 0 Å². The molecule has 0 aliphatic heterocycles. The molecule has 0 saturated carbocycles. The third-order valence-corrected chi connectivity index (χ3v) is 3.41. The molecule has 1 heterocycles. The zero-order valence-corrected chi connectivity index (χ0v) is 11.9. The maximum atomic E-state index is 5.79. The molecular weight excluding hydrogens is 258 g/mol. The van der Waals surface area contributed by atoms with Crippen molar-refractivity contribution in [2.75, 3.05) is 18.6 Å². The quantitative estimate of drug-likeness (QED) is 0.850. The highest BCUT2D eigenvalue weighted by Crippen LogP contribution is 2.22. The van der Waals surface area contributed by atoms with Gasteiger partial charge in [0, 0.05) is 23.6 Å². The lowest BCUT2D eigenvalue weighted by molar-refractivity contribution is 0.181. The molecule has 100 valence electrons. The first-order valence-corrected chi connectivity index (χ1v) is 7.07. The van der Waals surface area contributed by atoms with Gasteiger partial charge in [-0.25, -0.2) is 9.97 Å². The number of benzene rings is 1. The minimum Gasteiger partial charge on any atom is -0.384 e. The molecule has 0 saturated heterocycles. The first-order valence-electron chi connectivity index (χ1n) is 6.08. The van der Waals surface area contributed by atoms with E-state index in [1.807, 2.05) is 23.9 Å². The molecular formula is C14H17N3OS. The lowest BCUT2D eigenvalue weighted by Gasteiger charge is -2.06. The summed E-state index contributed by atoms with van der Waals surface area (Å²) in [6, 6.07) is 9.92. The van der Waals surface area contributed by atoms with Gasteiger partial charge in [0.2, 0.25) is 0 Å². The number of ether oxygens (including phenoxy) is 1. The van der Waals surface area contributed by atoms with Crippen LogP contribution in [0.4, 0.5) is 5.82 Å². The van der Waals surface area contributed by atoms with Crippen LogP contribution in [0.5, 0.6) is 0 Å². The molecule has 0 atom stereocenters. The molecule has 2 rings (SSSR count). The summed E-state index contributed by atoms with van der Waals surface area (Å²) in [5, 5.41) is 0. The molecule has 5 heteroatoms. The van der Waals surface area contributed by atoms with E-state index in [0.717, 1.165) is 17.0 Å². The van der Waals surface area contributed by atoms with Crippen LogP contribution in [0.25, 0.3) is 11.4 Å². The van der Waals surface area contributed by atoms with Gasteiger partial charge >= 0.3 is 0 Å². The highest BCUT2D eigenvalue weighted by molar-refractivity contribution is 7.99. The number of hydrogen-bond acceptors (Lipinski definition) is 5. The molecule has 0 unspecified atom stereocenters. The molecule has 19 heavy (non-hydrogen) atoms. The van der Waals surface area contributed by atoms with E-state index >= 15 is 0 Å². The van der Waals surface area contributed by atoms with Crippen molar-refractivity contribution in [3.8, 4) is 11.4 Å². The summed E-state index contributed by atoms with van der Waals surface area (Å²) in [4.78, 5) is 9.96. The van der Waals surface area contributed by atoms with E-state index < -0.39 is 0 Å². The minimum atomic E-state index is 0.434. The lowest BCUT2D eigenvalue weighted by Crippen LogP contribution is -2.01. The Hall–Kier alpha value is -1.59. The second-order valence-electron chi connectivity index (χ2n) is 4.00. The number of nitrogen functional groups attached to an aromatic ring is 1. The predicted octanol–water partition coefficient (Wildman–Crippen LogP) is 2.98. The summed E-state index contributed by atoms with van der Waals surface area (Å²) in [7, 11) is 1.63. The number of anilines is 1. The Labute approximate surface area is 117 Å². The maximum absolute atomic E-state index is 5.79.